The molecule has 1 heterocycles. The normalized spacial score (nSPS) is 29.5. The first kappa shape index (κ1) is 13.4. The van der Waals surface area contributed by atoms with E-state index < -0.39 is 5.60 Å². The number of rotatable bonds is 3. The van der Waals surface area contributed by atoms with Crippen LogP contribution < -0.4 is 11.3 Å². The lowest BCUT2D eigenvalue weighted by Gasteiger charge is -2.27. The van der Waals surface area contributed by atoms with Gasteiger partial charge >= 0.3 is 0 Å². The number of hydrogen-bond acceptors (Lipinski definition) is 4. The number of nitrogens with one attached hydrogen (secondary N) is 1. The van der Waals surface area contributed by atoms with Crippen molar-refractivity contribution in [2.45, 2.75) is 51.2 Å². The molecule has 5 heteroatoms. The molecule has 0 radical (unpaired) electrons. The topological polar surface area (TPSA) is 78.6 Å². The first-order valence-corrected chi connectivity index (χ1v) is 5.90. The lowest BCUT2D eigenvalue weighted by molar-refractivity contribution is -0.122. The number of nitrogens with zero attached hydrogens (tertiary/aromatic N) is 1. The van der Waals surface area contributed by atoms with Gasteiger partial charge in [0.15, 0.2) is 0 Å². The third-order valence-electron chi connectivity index (χ3n) is 3.36. The molecule has 1 rings (SSSR count). The van der Waals surface area contributed by atoms with E-state index in [9.17, 15) is 9.90 Å². The monoisotopic (exact) mass is 229 g/mol. The molecular formula is C11H23N3O2. The summed E-state index contributed by atoms with van der Waals surface area (Å²) in [4.78, 5) is 13.4. The number of hydrogen-bond donors (Lipinski definition) is 3. The molecule has 2 unspecified atom stereocenters. The molecule has 94 valence electrons. The summed E-state index contributed by atoms with van der Waals surface area (Å²) in [5.41, 5.74) is 1.60. The Morgan fingerprint density at radius 3 is 2.88 bits per heavy atom. The van der Waals surface area contributed by atoms with Gasteiger partial charge in [0.05, 0.1) is 5.60 Å². The van der Waals surface area contributed by atoms with Crippen LogP contribution >= 0.6 is 0 Å². The number of nitrogens with two attached hydrogens (primary N) is 1. The summed E-state index contributed by atoms with van der Waals surface area (Å²) >= 11 is 0. The molecule has 1 saturated heterocycles. The Morgan fingerprint density at radius 1 is 1.56 bits per heavy atom. The number of aliphatic hydroxyl groups is 1. The van der Waals surface area contributed by atoms with Crippen LogP contribution in [0.4, 0.5) is 0 Å². The lowest BCUT2D eigenvalue weighted by Crippen LogP contribution is -2.40. The van der Waals surface area contributed by atoms with Crippen molar-refractivity contribution in [3.05, 3.63) is 0 Å². The average Bonchev–Trinajstić information content (AvgIpc) is 2.39. The molecule has 1 aliphatic heterocycles. The molecule has 1 amide bonds. The SMILES string of the molecule is CC(CC(=O)NN)N1CCCC(C)(O)CC1. The molecule has 0 aromatic carbocycles. The molecule has 0 spiro atoms. The van der Waals surface area contributed by atoms with Gasteiger partial charge in [-0.3, -0.25) is 10.2 Å². The summed E-state index contributed by atoms with van der Waals surface area (Å²) < 4.78 is 0. The second-order valence-electron chi connectivity index (χ2n) is 5.01. The zero-order valence-electron chi connectivity index (χ0n) is 10.2. The van der Waals surface area contributed by atoms with Gasteiger partial charge in [-0.1, -0.05) is 0 Å². The van der Waals surface area contributed by atoms with Gasteiger partial charge in [-0.25, -0.2) is 5.84 Å². The summed E-state index contributed by atoms with van der Waals surface area (Å²) in [7, 11) is 0. The van der Waals surface area contributed by atoms with E-state index in [1.807, 2.05) is 13.8 Å². The molecule has 0 aliphatic carbocycles. The van der Waals surface area contributed by atoms with Crippen molar-refractivity contribution >= 4 is 5.91 Å². The van der Waals surface area contributed by atoms with Gasteiger partial charge in [0.25, 0.3) is 0 Å². The van der Waals surface area contributed by atoms with Gasteiger partial charge in [0, 0.05) is 19.0 Å². The summed E-state index contributed by atoms with van der Waals surface area (Å²) in [6, 6.07) is 0.178. The first-order valence-electron chi connectivity index (χ1n) is 5.90. The van der Waals surface area contributed by atoms with Crippen molar-refractivity contribution in [3.8, 4) is 0 Å². The minimum absolute atomic E-state index is 0.136. The highest BCUT2D eigenvalue weighted by atomic mass is 16.3. The Bertz CT molecular complexity index is 243. The van der Waals surface area contributed by atoms with E-state index in [2.05, 4.69) is 10.3 Å². The zero-order valence-corrected chi connectivity index (χ0v) is 10.2. The zero-order chi connectivity index (χ0) is 12.2. The molecule has 16 heavy (non-hydrogen) atoms. The van der Waals surface area contributed by atoms with Crippen LogP contribution in [0.15, 0.2) is 0 Å². The summed E-state index contributed by atoms with van der Waals surface area (Å²) in [5, 5.41) is 9.96. The molecule has 1 aliphatic rings. The Balaban J connectivity index is 2.45. The summed E-state index contributed by atoms with van der Waals surface area (Å²) in [6.45, 7) is 5.68. The second kappa shape index (κ2) is 5.61. The maximum Gasteiger partial charge on any atom is 0.235 e. The third-order valence-corrected chi connectivity index (χ3v) is 3.36. The van der Waals surface area contributed by atoms with Gasteiger partial charge in [0.2, 0.25) is 5.91 Å². The van der Waals surface area contributed by atoms with Crippen LogP contribution in [0.5, 0.6) is 0 Å². The third kappa shape index (κ3) is 4.08. The Hall–Kier alpha value is -0.650. The van der Waals surface area contributed by atoms with Crippen LogP contribution in [0.25, 0.3) is 0 Å². The Kier molecular flexibility index (Phi) is 4.70. The highest BCUT2D eigenvalue weighted by Crippen LogP contribution is 2.22. The number of likely N-dealkylation sites (tertiary alicyclic amines) is 1. The first-order chi connectivity index (χ1) is 7.44. The van der Waals surface area contributed by atoms with Crippen molar-refractivity contribution < 1.29 is 9.90 Å². The molecule has 1 fully saturated rings. The second-order valence-corrected chi connectivity index (χ2v) is 5.01. The van der Waals surface area contributed by atoms with E-state index in [-0.39, 0.29) is 11.9 Å². The van der Waals surface area contributed by atoms with E-state index in [0.717, 1.165) is 32.4 Å². The van der Waals surface area contributed by atoms with E-state index >= 15 is 0 Å². The molecule has 2 atom stereocenters. The Labute approximate surface area is 97.0 Å². The van der Waals surface area contributed by atoms with Gasteiger partial charge in [-0.05, 0) is 39.7 Å². The van der Waals surface area contributed by atoms with Gasteiger partial charge in [-0.15, -0.1) is 0 Å². The van der Waals surface area contributed by atoms with Crippen molar-refractivity contribution in [1.29, 1.82) is 0 Å². The van der Waals surface area contributed by atoms with E-state index in [1.165, 1.54) is 0 Å². The van der Waals surface area contributed by atoms with Crippen LogP contribution in [-0.2, 0) is 4.79 Å². The lowest BCUT2D eigenvalue weighted by atomic mass is 9.98. The molecular weight excluding hydrogens is 206 g/mol. The van der Waals surface area contributed by atoms with Crippen molar-refractivity contribution in [2.75, 3.05) is 13.1 Å². The average molecular weight is 229 g/mol. The Morgan fingerprint density at radius 2 is 2.25 bits per heavy atom. The molecule has 0 bridgehead atoms. The van der Waals surface area contributed by atoms with Crippen LogP contribution in [0.2, 0.25) is 0 Å². The standard InChI is InChI=1S/C11H23N3O2/c1-9(8-10(15)13-12)14-6-3-4-11(2,16)5-7-14/h9,16H,3-8,12H2,1-2H3,(H,13,15). The fourth-order valence-corrected chi connectivity index (χ4v) is 2.18. The van der Waals surface area contributed by atoms with Crippen LogP contribution in [0, 0.1) is 0 Å². The minimum Gasteiger partial charge on any atom is -0.390 e. The van der Waals surface area contributed by atoms with Crippen molar-refractivity contribution in [1.82, 2.24) is 10.3 Å². The maximum atomic E-state index is 11.2. The number of hydrazine groups is 1. The van der Waals surface area contributed by atoms with Gasteiger partial charge in [0.1, 0.15) is 0 Å². The maximum absolute atomic E-state index is 11.2. The van der Waals surface area contributed by atoms with Crippen molar-refractivity contribution in [2.24, 2.45) is 5.84 Å². The summed E-state index contributed by atoms with van der Waals surface area (Å²) in [6.07, 6.45) is 2.99. The summed E-state index contributed by atoms with van der Waals surface area (Å²) in [5.74, 6) is 4.93. The number of carbonyl (C=O) groups excluding carboxylic acids is 1. The van der Waals surface area contributed by atoms with Gasteiger partial charge < -0.3 is 10.0 Å². The van der Waals surface area contributed by atoms with E-state index in [1.54, 1.807) is 0 Å². The highest BCUT2D eigenvalue weighted by molar-refractivity contribution is 5.75. The minimum atomic E-state index is -0.551. The smallest absolute Gasteiger partial charge is 0.235 e. The van der Waals surface area contributed by atoms with Crippen LogP contribution in [-0.4, -0.2) is 40.6 Å². The molecule has 4 N–H and O–H groups in total. The van der Waals surface area contributed by atoms with Crippen molar-refractivity contribution in [3.63, 3.8) is 0 Å². The number of carbonyl (C=O) groups is 1. The quantitative estimate of drug-likeness (QED) is 0.361. The molecule has 5 nitrogen and oxygen atoms in total. The van der Waals surface area contributed by atoms with Crippen LogP contribution in [0.3, 0.4) is 0 Å². The molecule has 0 aromatic heterocycles. The van der Waals surface area contributed by atoms with E-state index in [0.29, 0.717) is 6.42 Å². The molecule has 0 saturated carbocycles. The predicted molar refractivity (Wildman–Crippen MR) is 62.5 cm³/mol. The fraction of sp³-hybridized carbons (Fsp3) is 0.909. The van der Waals surface area contributed by atoms with E-state index in [4.69, 9.17) is 5.84 Å². The largest absolute Gasteiger partial charge is 0.390 e. The highest BCUT2D eigenvalue weighted by Gasteiger charge is 2.27. The fourth-order valence-electron chi connectivity index (χ4n) is 2.18. The predicted octanol–water partition coefficient (Wildman–Crippen LogP) is -0.00820. The van der Waals surface area contributed by atoms with Gasteiger partial charge in [-0.2, -0.15) is 0 Å². The van der Waals surface area contributed by atoms with Crippen LogP contribution in [0.1, 0.15) is 39.5 Å². The number of amides is 1. The molecule has 0 aromatic rings.